The van der Waals surface area contributed by atoms with E-state index in [2.05, 4.69) is 17.6 Å². The molecular formula is C13H17N3S2. The fraction of sp³-hybridized carbons (Fsp3) is 0.385. The Bertz CT molecular complexity index is 409. The molecule has 0 saturated carbocycles. The van der Waals surface area contributed by atoms with Crippen molar-refractivity contribution >= 4 is 34.8 Å². The van der Waals surface area contributed by atoms with Crippen molar-refractivity contribution in [2.45, 2.75) is 31.1 Å². The normalized spacial score (nSPS) is 9.56. The van der Waals surface area contributed by atoms with Crippen LogP contribution in [0, 0.1) is 10.7 Å². The smallest absolute Gasteiger partial charge is 0.170 e. The standard InChI is InChI=1S/C13H17N3S2/c1-2-3-4-9-15-13(17)16-11-5-7-12(8-6-11)18-10-14/h5-8H,2-4,9H2,1H3,(H2,15,16,17). The van der Waals surface area contributed by atoms with Crippen LogP contribution in [0.5, 0.6) is 0 Å². The van der Waals surface area contributed by atoms with E-state index >= 15 is 0 Å². The number of nitriles is 1. The van der Waals surface area contributed by atoms with E-state index in [0.29, 0.717) is 5.11 Å². The summed E-state index contributed by atoms with van der Waals surface area (Å²) in [6, 6.07) is 7.63. The molecule has 0 fully saturated rings. The van der Waals surface area contributed by atoms with Crippen LogP contribution in [-0.4, -0.2) is 11.7 Å². The molecule has 0 aliphatic rings. The van der Waals surface area contributed by atoms with Crippen molar-refractivity contribution in [2.75, 3.05) is 11.9 Å². The number of thiocarbonyl (C=S) groups is 1. The van der Waals surface area contributed by atoms with Gasteiger partial charge in [-0.25, -0.2) is 0 Å². The maximum atomic E-state index is 8.54. The summed E-state index contributed by atoms with van der Waals surface area (Å²) < 4.78 is 0. The average molecular weight is 279 g/mol. The Balaban J connectivity index is 2.33. The molecule has 3 nitrogen and oxygen atoms in total. The second-order valence-corrected chi connectivity index (χ2v) is 5.07. The number of unbranched alkanes of at least 4 members (excludes halogenated alkanes) is 2. The minimum atomic E-state index is 0.645. The molecular weight excluding hydrogens is 262 g/mol. The predicted molar refractivity (Wildman–Crippen MR) is 81.7 cm³/mol. The molecule has 0 heterocycles. The van der Waals surface area contributed by atoms with E-state index in [-0.39, 0.29) is 0 Å². The Labute approximate surface area is 118 Å². The van der Waals surface area contributed by atoms with Crippen LogP contribution in [0.4, 0.5) is 5.69 Å². The van der Waals surface area contributed by atoms with Crippen LogP contribution in [0.25, 0.3) is 0 Å². The van der Waals surface area contributed by atoms with Gasteiger partial charge in [0.25, 0.3) is 0 Å². The summed E-state index contributed by atoms with van der Waals surface area (Å²) in [7, 11) is 0. The van der Waals surface area contributed by atoms with Crippen LogP contribution < -0.4 is 10.6 Å². The Kier molecular flexibility index (Phi) is 7.23. The van der Waals surface area contributed by atoms with Crippen LogP contribution in [0.1, 0.15) is 26.2 Å². The van der Waals surface area contributed by atoms with Gasteiger partial charge in [0, 0.05) is 17.1 Å². The van der Waals surface area contributed by atoms with Gasteiger partial charge in [0.15, 0.2) is 5.11 Å². The minimum Gasteiger partial charge on any atom is -0.362 e. The number of rotatable bonds is 6. The van der Waals surface area contributed by atoms with E-state index in [1.165, 1.54) is 12.8 Å². The lowest BCUT2D eigenvalue weighted by Crippen LogP contribution is -2.29. The van der Waals surface area contributed by atoms with Gasteiger partial charge in [0.05, 0.1) is 0 Å². The zero-order chi connectivity index (χ0) is 13.2. The van der Waals surface area contributed by atoms with Crippen molar-refractivity contribution in [3.8, 4) is 5.40 Å². The number of benzene rings is 1. The van der Waals surface area contributed by atoms with Gasteiger partial charge in [-0.05, 0) is 54.7 Å². The van der Waals surface area contributed by atoms with E-state index < -0.39 is 0 Å². The fourth-order valence-corrected chi connectivity index (χ4v) is 2.01. The van der Waals surface area contributed by atoms with Crippen LogP contribution in [-0.2, 0) is 0 Å². The first-order chi connectivity index (χ1) is 8.76. The zero-order valence-corrected chi connectivity index (χ0v) is 12.0. The van der Waals surface area contributed by atoms with Crippen LogP contribution in [0.15, 0.2) is 29.2 Å². The summed E-state index contributed by atoms with van der Waals surface area (Å²) >= 11 is 6.34. The average Bonchev–Trinajstić information content (AvgIpc) is 2.37. The maximum Gasteiger partial charge on any atom is 0.170 e. The molecule has 0 atom stereocenters. The zero-order valence-electron chi connectivity index (χ0n) is 10.4. The first-order valence-electron chi connectivity index (χ1n) is 5.97. The summed E-state index contributed by atoms with van der Waals surface area (Å²) in [6.45, 7) is 3.08. The van der Waals surface area contributed by atoms with Gasteiger partial charge >= 0.3 is 0 Å². The van der Waals surface area contributed by atoms with E-state index in [1.807, 2.05) is 29.7 Å². The molecule has 2 N–H and O–H groups in total. The molecule has 0 aliphatic heterocycles. The third-order valence-electron chi connectivity index (χ3n) is 2.34. The number of hydrogen-bond donors (Lipinski definition) is 2. The first-order valence-corrected chi connectivity index (χ1v) is 7.19. The fourth-order valence-electron chi connectivity index (χ4n) is 1.41. The molecule has 0 aliphatic carbocycles. The number of thioether (sulfide) groups is 1. The van der Waals surface area contributed by atoms with Crippen molar-refractivity contribution in [2.24, 2.45) is 0 Å². The second-order valence-electron chi connectivity index (χ2n) is 3.81. The van der Waals surface area contributed by atoms with Crippen LogP contribution in [0.2, 0.25) is 0 Å². The monoisotopic (exact) mass is 279 g/mol. The number of thiocyanates is 1. The summed E-state index contributed by atoms with van der Waals surface area (Å²) in [5.41, 5.74) is 0.935. The highest BCUT2D eigenvalue weighted by atomic mass is 32.2. The molecule has 0 bridgehead atoms. The molecule has 1 rings (SSSR count). The SMILES string of the molecule is CCCCCNC(=S)Nc1ccc(SC#N)cc1. The summed E-state index contributed by atoms with van der Waals surface area (Å²) in [5.74, 6) is 0. The van der Waals surface area contributed by atoms with Gasteiger partial charge in [-0.1, -0.05) is 19.8 Å². The van der Waals surface area contributed by atoms with Crippen molar-refractivity contribution in [1.82, 2.24) is 5.32 Å². The largest absolute Gasteiger partial charge is 0.362 e. The summed E-state index contributed by atoms with van der Waals surface area (Å²) in [6.07, 6.45) is 3.56. The van der Waals surface area contributed by atoms with Crippen LogP contribution in [0.3, 0.4) is 0 Å². The van der Waals surface area contributed by atoms with Crippen molar-refractivity contribution < 1.29 is 0 Å². The van der Waals surface area contributed by atoms with Gasteiger partial charge in [-0.15, -0.1) is 0 Å². The quantitative estimate of drug-likeness (QED) is 0.359. The van der Waals surface area contributed by atoms with Gasteiger partial charge in [-0.2, -0.15) is 5.26 Å². The minimum absolute atomic E-state index is 0.645. The third-order valence-corrected chi connectivity index (χ3v) is 3.19. The molecule has 0 aromatic heterocycles. The number of nitrogens with zero attached hydrogens (tertiary/aromatic N) is 1. The number of hydrogen-bond acceptors (Lipinski definition) is 3. The molecule has 5 heteroatoms. The lowest BCUT2D eigenvalue weighted by Gasteiger charge is -2.10. The lowest BCUT2D eigenvalue weighted by molar-refractivity contribution is 0.698. The van der Waals surface area contributed by atoms with Gasteiger partial charge in [0.1, 0.15) is 5.40 Å². The summed E-state index contributed by atoms with van der Waals surface area (Å²) in [4.78, 5) is 0.935. The Morgan fingerprint density at radius 3 is 2.67 bits per heavy atom. The molecule has 18 heavy (non-hydrogen) atoms. The molecule has 0 unspecified atom stereocenters. The topological polar surface area (TPSA) is 47.8 Å². The Morgan fingerprint density at radius 1 is 1.33 bits per heavy atom. The second kappa shape index (κ2) is 8.78. The molecule has 0 saturated heterocycles. The van der Waals surface area contributed by atoms with Crippen LogP contribution >= 0.6 is 24.0 Å². The molecule has 96 valence electrons. The highest BCUT2D eigenvalue weighted by molar-refractivity contribution is 8.03. The Hall–Kier alpha value is -1.25. The van der Waals surface area contributed by atoms with E-state index in [0.717, 1.165) is 35.3 Å². The molecule has 0 radical (unpaired) electrons. The highest BCUT2D eigenvalue weighted by Gasteiger charge is 1.98. The van der Waals surface area contributed by atoms with Gasteiger partial charge in [0.2, 0.25) is 0 Å². The third kappa shape index (κ3) is 5.89. The Morgan fingerprint density at radius 2 is 2.06 bits per heavy atom. The number of nitrogens with one attached hydrogen (secondary N) is 2. The molecule has 1 aromatic carbocycles. The van der Waals surface area contributed by atoms with E-state index in [4.69, 9.17) is 17.5 Å². The van der Waals surface area contributed by atoms with Crippen molar-refractivity contribution in [3.05, 3.63) is 24.3 Å². The first kappa shape index (κ1) is 14.8. The molecule has 1 aromatic rings. The van der Waals surface area contributed by atoms with Crippen molar-refractivity contribution in [3.63, 3.8) is 0 Å². The van der Waals surface area contributed by atoms with E-state index in [9.17, 15) is 0 Å². The van der Waals surface area contributed by atoms with E-state index in [1.54, 1.807) is 0 Å². The van der Waals surface area contributed by atoms with Crippen molar-refractivity contribution in [1.29, 1.82) is 5.26 Å². The molecule has 0 spiro atoms. The number of anilines is 1. The highest BCUT2D eigenvalue weighted by Crippen LogP contribution is 2.18. The van der Waals surface area contributed by atoms with Gasteiger partial charge in [-0.3, -0.25) is 0 Å². The van der Waals surface area contributed by atoms with Gasteiger partial charge < -0.3 is 10.6 Å². The molecule has 0 amide bonds. The predicted octanol–water partition coefficient (Wildman–Crippen LogP) is 3.74. The summed E-state index contributed by atoms with van der Waals surface area (Å²) in [5, 5.41) is 17.5. The lowest BCUT2D eigenvalue weighted by atomic mass is 10.2. The maximum absolute atomic E-state index is 8.54.